The first-order chi connectivity index (χ1) is 7.00. The van der Waals surface area contributed by atoms with Gasteiger partial charge in [-0.3, -0.25) is 0 Å². The lowest BCUT2D eigenvalue weighted by Crippen LogP contribution is -1.72. The van der Waals surface area contributed by atoms with Gasteiger partial charge < -0.3 is 0 Å². The summed E-state index contributed by atoms with van der Waals surface area (Å²) in [5, 5.41) is 0. The van der Waals surface area contributed by atoms with E-state index in [-0.39, 0.29) is 0 Å². The van der Waals surface area contributed by atoms with Gasteiger partial charge in [-0.15, -0.1) is 0 Å². The van der Waals surface area contributed by atoms with Crippen LogP contribution in [0.1, 0.15) is 32.1 Å². The van der Waals surface area contributed by atoms with E-state index >= 15 is 0 Å². The molecule has 0 amide bonds. The normalized spacial score (nSPS) is 28.6. The second-order valence-corrected chi connectivity index (χ2v) is 3.37. The van der Waals surface area contributed by atoms with E-state index in [0.29, 0.717) is 0 Å². The molecule has 0 aromatic rings. The van der Waals surface area contributed by atoms with Crippen molar-refractivity contribution in [2.75, 3.05) is 0 Å². The fourth-order valence-corrected chi connectivity index (χ4v) is 1.30. The standard InChI is InChI=1S/C14H19/c1-2-4-6-8-10-12-14-13-11-9-7-5-3-1/h1-4,7,9-10,12-13H,5-6,8,11,14H2/b3-1+,4-2+,9-7-,12-10+. The van der Waals surface area contributed by atoms with Gasteiger partial charge in [0.1, 0.15) is 0 Å². The van der Waals surface area contributed by atoms with Crippen LogP contribution in [0.2, 0.25) is 0 Å². The van der Waals surface area contributed by atoms with Crippen molar-refractivity contribution in [2.45, 2.75) is 32.1 Å². The third kappa shape index (κ3) is 6.47. The van der Waals surface area contributed by atoms with E-state index in [2.05, 4.69) is 55.0 Å². The molecule has 1 aliphatic rings. The molecule has 0 fully saturated rings. The molecule has 0 aliphatic heterocycles. The van der Waals surface area contributed by atoms with Crippen LogP contribution in [-0.4, -0.2) is 0 Å². The van der Waals surface area contributed by atoms with E-state index in [1.165, 1.54) is 0 Å². The molecule has 0 unspecified atom stereocenters. The zero-order chi connectivity index (χ0) is 9.90. The Labute approximate surface area is 87.7 Å². The first-order valence-electron chi connectivity index (χ1n) is 5.43. The second-order valence-electron chi connectivity index (χ2n) is 3.37. The average Bonchev–Trinajstić information content (AvgIpc) is 2.22. The van der Waals surface area contributed by atoms with Crippen molar-refractivity contribution in [3.05, 3.63) is 55.0 Å². The summed E-state index contributed by atoms with van der Waals surface area (Å²) in [5.41, 5.74) is 0. The maximum absolute atomic E-state index is 2.30. The van der Waals surface area contributed by atoms with Crippen molar-refractivity contribution in [2.24, 2.45) is 0 Å². The predicted molar refractivity (Wildman–Crippen MR) is 63.9 cm³/mol. The number of hydrogen-bond acceptors (Lipinski definition) is 0. The van der Waals surface area contributed by atoms with Crippen molar-refractivity contribution >= 4 is 0 Å². The highest BCUT2D eigenvalue weighted by molar-refractivity contribution is 5.06. The van der Waals surface area contributed by atoms with E-state index in [9.17, 15) is 0 Å². The van der Waals surface area contributed by atoms with Crippen LogP contribution in [0.3, 0.4) is 0 Å². The lowest BCUT2D eigenvalue weighted by atomic mass is 10.2. The fourth-order valence-electron chi connectivity index (χ4n) is 1.30. The molecule has 0 saturated carbocycles. The molecular formula is C14H19. The molecule has 1 aliphatic carbocycles. The highest BCUT2D eigenvalue weighted by Crippen LogP contribution is 2.01. The first kappa shape index (κ1) is 11.0. The monoisotopic (exact) mass is 187 g/mol. The van der Waals surface area contributed by atoms with E-state index in [0.717, 1.165) is 32.1 Å². The topological polar surface area (TPSA) is 0 Å². The van der Waals surface area contributed by atoms with Gasteiger partial charge in [0.05, 0.1) is 0 Å². The Bertz CT molecular complexity index is 228. The Balaban J connectivity index is 2.35. The van der Waals surface area contributed by atoms with E-state index in [1.54, 1.807) is 0 Å². The number of rotatable bonds is 0. The van der Waals surface area contributed by atoms with E-state index in [4.69, 9.17) is 0 Å². The summed E-state index contributed by atoms with van der Waals surface area (Å²) in [6, 6.07) is 0. The van der Waals surface area contributed by atoms with Crippen LogP contribution >= 0.6 is 0 Å². The Morgan fingerprint density at radius 2 is 1.14 bits per heavy atom. The van der Waals surface area contributed by atoms with Crippen molar-refractivity contribution in [1.29, 1.82) is 0 Å². The van der Waals surface area contributed by atoms with Gasteiger partial charge in [0.15, 0.2) is 0 Å². The molecule has 1 radical (unpaired) electrons. The van der Waals surface area contributed by atoms with Gasteiger partial charge in [-0.05, 0) is 38.5 Å². The van der Waals surface area contributed by atoms with Gasteiger partial charge in [0, 0.05) is 0 Å². The molecule has 0 atom stereocenters. The van der Waals surface area contributed by atoms with Crippen LogP contribution < -0.4 is 0 Å². The lowest BCUT2D eigenvalue weighted by Gasteiger charge is -1.91. The minimum absolute atomic E-state index is 1.05. The van der Waals surface area contributed by atoms with Gasteiger partial charge in [-0.25, -0.2) is 0 Å². The minimum Gasteiger partial charge on any atom is -0.0882 e. The molecule has 0 heterocycles. The van der Waals surface area contributed by atoms with Gasteiger partial charge in [0.2, 0.25) is 0 Å². The lowest BCUT2D eigenvalue weighted by molar-refractivity contribution is 1.03. The van der Waals surface area contributed by atoms with Gasteiger partial charge in [-0.1, -0.05) is 48.6 Å². The predicted octanol–water partition coefficient (Wildman–Crippen LogP) is 4.38. The Hall–Kier alpha value is -1.04. The number of allylic oxidation sites excluding steroid dienone is 8. The van der Waals surface area contributed by atoms with Crippen LogP contribution in [0.15, 0.2) is 48.6 Å². The second kappa shape index (κ2) is 8.55. The summed E-state index contributed by atoms with van der Waals surface area (Å²) in [5.74, 6) is 0. The molecule has 14 heavy (non-hydrogen) atoms. The molecule has 1 rings (SSSR count). The summed E-state index contributed by atoms with van der Waals surface area (Å²) in [7, 11) is 0. The Kier molecular flexibility index (Phi) is 6.74. The van der Waals surface area contributed by atoms with Crippen molar-refractivity contribution < 1.29 is 0 Å². The zero-order valence-electron chi connectivity index (χ0n) is 8.73. The summed E-state index contributed by atoms with van der Waals surface area (Å²) in [4.78, 5) is 0. The van der Waals surface area contributed by atoms with Crippen LogP contribution in [-0.2, 0) is 0 Å². The van der Waals surface area contributed by atoms with Crippen molar-refractivity contribution in [1.82, 2.24) is 0 Å². The van der Waals surface area contributed by atoms with Gasteiger partial charge >= 0.3 is 0 Å². The molecule has 0 heteroatoms. The van der Waals surface area contributed by atoms with Gasteiger partial charge in [-0.2, -0.15) is 0 Å². The third-order valence-electron chi connectivity index (χ3n) is 2.09. The maximum Gasteiger partial charge on any atom is -0.0166 e. The first-order valence-corrected chi connectivity index (χ1v) is 5.43. The maximum atomic E-state index is 2.30. The fraction of sp³-hybridized carbons (Fsp3) is 0.357. The van der Waals surface area contributed by atoms with Gasteiger partial charge in [0.25, 0.3) is 0 Å². The molecule has 0 saturated heterocycles. The third-order valence-corrected chi connectivity index (χ3v) is 2.09. The smallest absolute Gasteiger partial charge is 0.0166 e. The minimum atomic E-state index is 1.05. The summed E-state index contributed by atoms with van der Waals surface area (Å²) in [6.07, 6.45) is 25.5. The largest absolute Gasteiger partial charge is 0.0882 e. The Morgan fingerprint density at radius 1 is 0.500 bits per heavy atom. The number of hydrogen-bond donors (Lipinski definition) is 0. The summed E-state index contributed by atoms with van der Waals surface area (Å²) >= 11 is 0. The molecule has 0 bridgehead atoms. The van der Waals surface area contributed by atoms with Crippen LogP contribution in [0.25, 0.3) is 0 Å². The van der Waals surface area contributed by atoms with Crippen molar-refractivity contribution in [3.8, 4) is 0 Å². The molecule has 0 nitrogen and oxygen atoms in total. The zero-order valence-corrected chi connectivity index (χ0v) is 8.73. The van der Waals surface area contributed by atoms with Crippen LogP contribution in [0, 0.1) is 6.42 Å². The molecule has 0 aromatic heterocycles. The summed E-state index contributed by atoms with van der Waals surface area (Å²) in [6.45, 7) is 0. The highest BCUT2D eigenvalue weighted by atomic mass is 13.9. The highest BCUT2D eigenvalue weighted by Gasteiger charge is 1.82. The van der Waals surface area contributed by atoms with Crippen LogP contribution in [0.5, 0.6) is 0 Å². The Morgan fingerprint density at radius 3 is 2.07 bits per heavy atom. The van der Waals surface area contributed by atoms with E-state index < -0.39 is 0 Å². The quantitative estimate of drug-likeness (QED) is 0.494. The molecular weight excluding hydrogens is 168 g/mol. The van der Waals surface area contributed by atoms with Crippen LogP contribution in [0.4, 0.5) is 0 Å². The molecule has 0 N–H and O–H groups in total. The van der Waals surface area contributed by atoms with Crippen molar-refractivity contribution in [3.63, 3.8) is 0 Å². The SMILES string of the molecule is [CH]1C/C=C\C/C=C/C=C/CC/C=C/C1. The summed E-state index contributed by atoms with van der Waals surface area (Å²) < 4.78 is 0. The average molecular weight is 187 g/mol. The van der Waals surface area contributed by atoms with E-state index in [1.807, 2.05) is 0 Å². The molecule has 75 valence electrons. The molecule has 0 spiro atoms. The molecule has 0 aromatic carbocycles.